The van der Waals surface area contributed by atoms with Gasteiger partial charge in [0, 0.05) is 10.6 Å². The molecule has 0 unspecified atom stereocenters. The first-order valence-corrected chi connectivity index (χ1v) is 7.68. The lowest BCUT2D eigenvalue weighted by Gasteiger charge is -2.08. The van der Waals surface area contributed by atoms with Crippen molar-refractivity contribution in [3.05, 3.63) is 59.9 Å². The van der Waals surface area contributed by atoms with Crippen LogP contribution in [0.3, 0.4) is 0 Å². The summed E-state index contributed by atoms with van der Waals surface area (Å²) >= 11 is 1.42. The van der Waals surface area contributed by atoms with E-state index in [0.29, 0.717) is 11.3 Å². The first-order valence-electron chi connectivity index (χ1n) is 6.45. The van der Waals surface area contributed by atoms with Gasteiger partial charge in [-0.05, 0) is 36.6 Å². The highest BCUT2D eigenvalue weighted by atomic mass is 32.2. The number of nitrogens with one attached hydrogen (secondary N) is 1. The number of benzene rings is 2. The molecule has 22 heavy (non-hydrogen) atoms. The number of ether oxygens (including phenoxy) is 1. The summed E-state index contributed by atoms with van der Waals surface area (Å²) in [5.74, 6) is -1.55. The van der Waals surface area contributed by atoms with Gasteiger partial charge in [0.05, 0.1) is 5.56 Å². The number of rotatable bonds is 5. The van der Waals surface area contributed by atoms with Crippen molar-refractivity contribution in [3.8, 4) is 0 Å². The largest absolute Gasteiger partial charge is 0.452 e. The Morgan fingerprint density at radius 2 is 1.95 bits per heavy atom. The summed E-state index contributed by atoms with van der Waals surface area (Å²) in [5, 5.41) is 2.46. The standard InChI is InChI=1S/C16H14FNO3S/c1-22-14-8-3-2-7-13(14)16(20)21-10-15(19)18-12-6-4-5-11(17)9-12/h2-9H,10H2,1H3,(H,18,19). The molecule has 0 aliphatic heterocycles. The Morgan fingerprint density at radius 3 is 2.68 bits per heavy atom. The van der Waals surface area contributed by atoms with E-state index in [2.05, 4.69) is 5.32 Å². The fraction of sp³-hybridized carbons (Fsp3) is 0.125. The summed E-state index contributed by atoms with van der Waals surface area (Å²) in [7, 11) is 0. The van der Waals surface area contributed by atoms with E-state index in [9.17, 15) is 14.0 Å². The third kappa shape index (κ3) is 4.33. The van der Waals surface area contributed by atoms with Crippen LogP contribution in [0.1, 0.15) is 10.4 Å². The molecular formula is C16H14FNO3S. The van der Waals surface area contributed by atoms with Crippen LogP contribution in [0.25, 0.3) is 0 Å². The first-order chi connectivity index (χ1) is 10.6. The molecule has 0 aliphatic rings. The molecule has 114 valence electrons. The molecular weight excluding hydrogens is 305 g/mol. The molecule has 6 heteroatoms. The molecule has 2 aromatic carbocycles. The zero-order valence-corrected chi connectivity index (χ0v) is 12.7. The minimum absolute atomic E-state index is 0.311. The minimum Gasteiger partial charge on any atom is -0.452 e. The van der Waals surface area contributed by atoms with Crippen molar-refractivity contribution in [1.29, 1.82) is 0 Å². The summed E-state index contributed by atoms with van der Waals surface area (Å²) in [6.07, 6.45) is 1.85. The third-order valence-corrected chi connectivity index (χ3v) is 3.57. The monoisotopic (exact) mass is 319 g/mol. The van der Waals surface area contributed by atoms with E-state index < -0.39 is 24.3 Å². The number of esters is 1. The van der Waals surface area contributed by atoms with Crippen LogP contribution in [0.15, 0.2) is 53.4 Å². The van der Waals surface area contributed by atoms with Gasteiger partial charge < -0.3 is 10.1 Å². The van der Waals surface area contributed by atoms with Crippen molar-refractivity contribution in [2.75, 3.05) is 18.2 Å². The zero-order valence-electron chi connectivity index (χ0n) is 11.8. The minimum atomic E-state index is -0.570. The van der Waals surface area contributed by atoms with E-state index in [0.717, 1.165) is 4.90 Å². The SMILES string of the molecule is CSc1ccccc1C(=O)OCC(=O)Nc1cccc(F)c1. The second-order valence-electron chi connectivity index (χ2n) is 4.33. The molecule has 0 radical (unpaired) electrons. The van der Waals surface area contributed by atoms with Gasteiger partial charge in [0.15, 0.2) is 6.61 Å². The van der Waals surface area contributed by atoms with Crippen molar-refractivity contribution in [3.63, 3.8) is 0 Å². The Hall–Kier alpha value is -2.34. The maximum atomic E-state index is 13.0. The van der Waals surface area contributed by atoms with Gasteiger partial charge in [0.2, 0.25) is 0 Å². The van der Waals surface area contributed by atoms with Crippen LogP contribution in [-0.4, -0.2) is 24.7 Å². The topological polar surface area (TPSA) is 55.4 Å². The summed E-state index contributed by atoms with van der Waals surface area (Å²) < 4.78 is 18.0. The van der Waals surface area contributed by atoms with Crippen LogP contribution in [0.2, 0.25) is 0 Å². The van der Waals surface area contributed by atoms with Crippen molar-refractivity contribution < 1.29 is 18.7 Å². The van der Waals surface area contributed by atoms with Gasteiger partial charge in [-0.25, -0.2) is 9.18 Å². The number of thioether (sulfide) groups is 1. The van der Waals surface area contributed by atoms with Crippen molar-refractivity contribution in [1.82, 2.24) is 0 Å². The lowest BCUT2D eigenvalue weighted by molar-refractivity contribution is -0.119. The molecule has 4 nitrogen and oxygen atoms in total. The highest BCUT2D eigenvalue weighted by Gasteiger charge is 2.13. The zero-order chi connectivity index (χ0) is 15.9. The van der Waals surface area contributed by atoms with Crippen LogP contribution < -0.4 is 5.32 Å². The molecule has 0 saturated carbocycles. The Balaban J connectivity index is 1.92. The summed E-state index contributed by atoms with van der Waals surface area (Å²) in [6, 6.07) is 12.5. The van der Waals surface area contributed by atoms with Gasteiger partial charge in [0.25, 0.3) is 5.91 Å². The van der Waals surface area contributed by atoms with E-state index in [1.54, 1.807) is 24.3 Å². The van der Waals surface area contributed by atoms with Gasteiger partial charge in [-0.2, -0.15) is 0 Å². The molecule has 0 saturated heterocycles. The smallest absolute Gasteiger partial charge is 0.339 e. The van der Waals surface area contributed by atoms with E-state index in [-0.39, 0.29) is 0 Å². The van der Waals surface area contributed by atoms with Crippen LogP contribution in [0.4, 0.5) is 10.1 Å². The predicted octanol–water partition coefficient (Wildman–Crippen LogP) is 3.34. The molecule has 1 N–H and O–H groups in total. The molecule has 0 spiro atoms. The molecule has 0 bridgehead atoms. The number of carbonyl (C=O) groups excluding carboxylic acids is 2. The number of hydrogen-bond donors (Lipinski definition) is 1. The fourth-order valence-electron chi connectivity index (χ4n) is 1.79. The number of hydrogen-bond acceptors (Lipinski definition) is 4. The maximum absolute atomic E-state index is 13.0. The number of amides is 1. The molecule has 0 aromatic heterocycles. The Labute approximate surface area is 131 Å². The normalized spacial score (nSPS) is 10.1. The van der Waals surface area contributed by atoms with Gasteiger partial charge in [-0.3, -0.25) is 4.79 Å². The molecule has 0 fully saturated rings. The summed E-state index contributed by atoms with van der Waals surface area (Å²) in [4.78, 5) is 24.4. The summed E-state index contributed by atoms with van der Waals surface area (Å²) in [6.45, 7) is -0.432. The fourth-order valence-corrected chi connectivity index (χ4v) is 2.37. The lowest BCUT2D eigenvalue weighted by Crippen LogP contribution is -2.21. The van der Waals surface area contributed by atoms with Gasteiger partial charge in [0.1, 0.15) is 5.82 Å². The Kier molecular flexibility index (Phi) is 5.55. The van der Waals surface area contributed by atoms with Gasteiger partial charge in [-0.1, -0.05) is 18.2 Å². The van der Waals surface area contributed by atoms with Crippen LogP contribution in [0.5, 0.6) is 0 Å². The molecule has 0 atom stereocenters. The van der Waals surface area contributed by atoms with Crippen molar-refractivity contribution in [2.24, 2.45) is 0 Å². The number of carbonyl (C=O) groups is 2. The Morgan fingerprint density at radius 1 is 1.18 bits per heavy atom. The molecule has 1 amide bonds. The molecule has 0 aliphatic carbocycles. The second-order valence-corrected chi connectivity index (χ2v) is 5.18. The first kappa shape index (κ1) is 16.0. The van der Waals surface area contributed by atoms with Gasteiger partial charge in [-0.15, -0.1) is 11.8 Å². The van der Waals surface area contributed by atoms with Crippen molar-refractivity contribution >= 4 is 29.3 Å². The lowest BCUT2D eigenvalue weighted by atomic mass is 10.2. The van der Waals surface area contributed by atoms with Crippen molar-refractivity contribution in [2.45, 2.75) is 4.90 Å². The average Bonchev–Trinajstić information content (AvgIpc) is 2.52. The van der Waals surface area contributed by atoms with E-state index >= 15 is 0 Å². The highest BCUT2D eigenvalue weighted by molar-refractivity contribution is 7.98. The molecule has 0 heterocycles. The predicted molar refractivity (Wildman–Crippen MR) is 83.5 cm³/mol. The van der Waals surface area contributed by atoms with Crippen LogP contribution in [-0.2, 0) is 9.53 Å². The Bertz CT molecular complexity index is 691. The van der Waals surface area contributed by atoms with Gasteiger partial charge >= 0.3 is 5.97 Å². The maximum Gasteiger partial charge on any atom is 0.339 e. The third-order valence-electron chi connectivity index (χ3n) is 2.77. The van der Waals surface area contributed by atoms with Crippen LogP contribution in [0, 0.1) is 5.82 Å². The van der Waals surface area contributed by atoms with E-state index in [1.165, 1.54) is 30.0 Å². The molecule has 2 aromatic rings. The number of halogens is 1. The quantitative estimate of drug-likeness (QED) is 0.678. The highest BCUT2D eigenvalue weighted by Crippen LogP contribution is 2.20. The molecule has 2 rings (SSSR count). The summed E-state index contributed by atoms with van der Waals surface area (Å²) in [5.41, 5.74) is 0.721. The van der Waals surface area contributed by atoms with E-state index in [1.807, 2.05) is 12.3 Å². The number of anilines is 1. The second kappa shape index (κ2) is 7.61. The average molecular weight is 319 g/mol. The van der Waals surface area contributed by atoms with E-state index in [4.69, 9.17) is 4.74 Å². The van der Waals surface area contributed by atoms with Crippen LogP contribution >= 0.6 is 11.8 Å².